The molecule has 59 heavy (non-hydrogen) atoms. The van der Waals surface area contributed by atoms with Gasteiger partial charge in [-0.25, -0.2) is 0 Å². The molecule has 0 N–H and O–H groups in total. The van der Waals surface area contributed by atoms with Gasteiger partial charge >= 0.3 is 0 Å². The van der Waals surface area contributed by atoms with Crippen LogP contribution in [-0.2, 0) is 5.41 Å². The van der Waals surface area contributed by atoms with E-state index in [4.69, 9.17) is 4.42 Å². The molecule has 0 aliphatic heterocycles. The van der Waals surface area contributed by atoms with Crippen molar-refractivity contribution < 1.29 is 4.42 Å². The average Bonchev–Trinajstić information content (AvgIpc) is 3.78. The Morgan fingerprint density at radius 1 is 0.373 bits per heavy atom. The number of para-hydroxylation sites is 2. The van der Waals surface area contributed by atoms with Gasteiger partial charge in [-0.05, 0) is 97.6 Å². The van der Waals surface area contributed by atoms with Gasteiger partial charge in [0, 0.05) is 38.6 Å². The highest BCUT2D eigenvalue weighted by Gasteiger charge is 2.36. The van der Waals surface area contributed by atoms with E-state index in [2.05, 4.69) is 219 Å². The van der Waals surface area contributed by atoms with Gasteiger partial charge in [-0.15, -0.1) is 0 Å². The summed E-state index contributed by atoms with van der Waals surface area (Å²) in [4.78, 5) is 2.52. The number of benzene rings is 9. The van der Waals surface area contributed by atoms with E-state index in [0.717, 1.165) is 55.7 Å². The quantitative estimate of drug-likeness (QED) is 0.178. The van der Waals surface area contributed by atoms with Gasteiger partial charge in [0.2, 0.25) is 0 Å². The Kier molecular flexibility index (Phi) is 7.31. The number of hydrogen-bond acceptors (Lipinski definition) is 2. The first kappa shape index (κ1) is 33.7. The summed E-state index contributed by atoms with van der Waals surface area (Å²) in [6.07, 6.45) is 0. The largest absolute Gasteiger partial charge is 0.455 e. The number of nitrogens with zero attached hydrogens (tertiary/aromatic N) is 1. The third kappa shape index (κ3) is 4.93. The summed E-state index contributed by atoms with van der Waals surface area (Å²) >= 11 is 0. The highest BCUT2D eigenvalue weighted by atomic mass is 16.3. The molecule has 0 radical (unpaired) electrons. The second kappa shape index (κ2) is 12.8. The van der Waals surface area contributed by atoms with Crippen molar-refractivity contribution in [3.63, 3.8) is 0 Å². The summed E-state index contributed by atoms with van der Waals surface area (Å²) < 4.78 is 6.87. The number of hydrogen-bond donors (Lipinski definition) is 0. The van der Waals surface area contributed by atoms with Gasteiger partial charge in [-0.1, -0.05) is 178 Å². The van der Waals surface area contributed by atoms with Gasteiger partial charge in [0.25, 0.3) is 0 Å². The van der Waals surface area contributed by atoms with E-state index < -0.39 is 0 Å². The summed E-state index contributed by atoms with van der Waals surface area (Å²) in [6.45, 7) is 4.73. The molecule has 0 fully saturated rings. The first-order valence-corrected chi connectivity index (χ1v) is 20.5. The SMILES string of the molecule is CC1(C)c2ccccc2-c2ccc(N(c3ccccc3-c3ccccc3)c3cccc4c3-c3ccccc3-c3ccccc3-c3c-4ccc4c3oc3ccccc34)cc21. The molecule has 12 rings (SSSR count). The van der Waals surface area contributed by atoms with Crippen molar-refractivity contribution in [3.8, 4) is 66.8 Å². The highest BCUT2D eigenvalue weighted by molar-refractivity contribution is 6.17. The Labute approximate surface area is 344 Å². The molecule has 0 saturated carbocycles. The van der Waals surface area contributed by atoms with Crippen LogP contribution < -0.4 is 4.90 Å². The van der Waals surface area contributed by atoms with Crippen LogP contribution in [0.1, 0.15) is 25.0 Å². The molecule has 1 aromatic heterocycles. The van der Waals surface area contributed by atoms with Crippen molar-refractivity contribution in [2.75, 3.05) is 4.90 Å². The molecule has 2 heteroatoms. The number of furan rings is 1. The zero-order chi connectivity index (χ0) is 39.2. The summed E-state index contributed by atoms with van der Waals surface area (Å²) in [5.41, 5.74) is 22.0. The smallest absolute Gasteiger partial charge is 0.143 e. The van der Waals surface area contributed by atoms with Gasteiger partial charge in [-0.2, -0.15) is 0 Å². The summed E-state index contributed by atoms with van der Waals surface area (Å²) in [6, 6.07) is 73.3. The Balaban J connectivity index is 1.20. The van der Waals surface area contributed by atoms with E-state index in [1.165, 1.54) is 61.2 Å². The standard InChI is InChI=1S/C57H39NO/c1-57(2)49-27-13-10-22-41(49)42-32-31-37(35-50(42)57)58(51-28-14-11-19-38(51)36-17-4-3-5-18-36)52-29-16-26-46-47-33-34-48-43-23-12-15-30-53(43)59-56(48)55(47)45-25-9-7-21-40(45)39-20-6-8-24-44(39)54(46)52/h3-35H,1-2H3. The molecule has 0 atom stereocenters. The molecule has 2 aliphatic carbocycles. The van der Waals surface area contributed by atoms with Crippen LogP contribution in [0.25, 0.3) is 88.7 Å². The van der Waals surface area contributed by atoms with E-state index >= 15 is 0 Å². The van der Waals surface area contributed by atoms with Gasteiger partial charge in [-0.3, -0.25) is 0 Å². The third-order valence-corrected chi connectivity index (χ3v) is 12.9. The predicted octanol–water partition coefficient (Wildman–Crippen LogP) is 16.0. The maximum atomic E-state index is 6.87. The minimum Gasteiger partial charge on any atom is -0.455 e. The molecule has 9 aromatic carbocycles. The van der Waals surface area contributed by atoms with E-state index in [1.54, 1.807) is 0 Å². The number of anilines is 3. The molecule has 0 bridgehead atoms. The summed E-state index contributed by atoms with van der Waals surface area (Å²) in [5, 5.41) is 2.26. The first-order chi connectivity index (χ1) is 29.1. The minimum absolute atomic E-state index is 0.161. The molecule has 10 aromatic rings. The van der Waals surface area contributed by atoms with Crippen LogP contribution in [0.3, 0.4) is 0 Å². The van der Waals surface area contributed by atoms with Crippen molar-refractivity contribution in [1.82, 2.24) is 0 Å². The van der Waals surface area contributed by atoms with Crippen molar-refractivity contribution in [1.29, 1.82) is 0 Å². The van der Waals surface area contributed by atoms with Crippen LogP contribution in [0.4, 0.5) is 17.1 Å². The van der Waals surface area contributed by atoms with Crippen LogP contribution >= 0.6 is 0 Å². The van der Waals surface area contributed by atoms with Crippen molar-refractivity contribution >= 4 is 39.0 Å². The molecule has 0 saturated heterocycles. The van der Waals surface area contributed by atoms with Gasteiger partial charge < -0.3 is 9.32 Å². The summed E-state index contributed by atoms with van der Waals surface area (Å²) in [7, 11) is 0. The molecule has 278 valence electrons. The lowest BCUT2D eigenvalue weighted by Crippen LogP contribution is -2.17. The first-order valence-electron chi connectivity index (χ1n) is 20.5. The predicted molar refractivity (Wildman–Crippen MR) is 247 cm³/mol. The molecular formula is C57H39NO. The van der Waals surface area contributed by atoms with Crippen LogP contribution in [0, 0.1) is 0 Å². The van der Waals surface area contributed by atoms with Crippen molar-refractivity contribution in [2.24, 2.45) is 0 Å². The molecule has 2 nitrogen and oxygen atoms in total. The van der Waals surface area contributed by atoms with Crippen molar-refractivity contribution in [3.05, 3.63) is 211 Å². The lowest BCUT2D eigenvalue weighted by molar-refractivity contribution is 0.660. The average molecular weight is 754 g/mol. The van der Waals surface area contributed by atoms with E-state index in [-0.39, 0.29) is 5.41 Å². The van der Waals surface area contributed by atoms with E-state index in [0.29, 0.717) is 0 Å². The zero-order valence-corrected chi connectivity index (χ0v) is 32.9. The van der Waals surface area contributed by atoms with Crippen LogP contribution in [-0.4, -0.2) is 0 Å². The third-order valence-electron chi connectivity index (χ3n) is 12.9. The zero-order valence-electron chi connectivity index (χ0n) is 32.9. The van der Waals surface area contributed by atoms with Gasteiger partial charge in [0.15, 0.2) is 0 Å². The molecule has 2 aliphatic rings. The Hall–Kier alpha value is -7.42. The second-order valence-corrected chi connectivity index (χ2v) is 16.4. The fourth-order valence-electron chi connectivity index (χ4n) is 10.2. The Morgan fingerprint density at radius 3 is 1.73 bits per heavy atom. The molecule has 0 unspecified atom stereocenters. The molecule has 1 heterocycles. The van der Waals surface area contributed by atoms with Crippen molar-refractivity contribution in [2.45, 2.75) is 19.3 Å². The van der Waals surface area contributed by atoms with Gasteiger partial charge in [0.1, 0.15) is 11.2 Å². The monoisotopic (exact) mass is 753 g/mol. The molecular weight excluding hydrogens is 715 g/mol. The van der Waals surface area contributed by atoms with Gasteiger partial charge in [0.05, 0.1) is 11.4 Å². The Bertz CT molecular complexity index is 3310. The fraction of sp³-hybridized carbons (Fsp3) is 0.0526. The van der Waals surface area contributed by atoms with Crippen LogP contribution in [0.5, 0.6) is 0 Å². The normalized spacial score (nSPS) is 13.1. The number of rotatable bonds is 4. The number of fused-ring (bicyclic) bond motifs is 15. The maximum absolute atomic E-state index is 6.87. The fourth-order valence-corrected chi connectivity index (χ4v) is 10.2. The maximum Gasteiger partial charge on any atom is 0.143 e. The van der Waals surface area contributed by atoms with E-state index in [9.17, 15) is 0 Å². The Morgan fingerprint density at radius 2 is 0.932 bits per heavy atom. The van der Waals surface area contributed by atoms with E-state index in [1.807, 2.05) is 0 Å². The molecule has 0 amide bonds. The second-order valence-electron chi connectivity index (χ2n) is 16.4. The lowest BCUT2D eigenvalue weighted by atomic mass is 9.79. The lowest BCUT2D eigenvalue weighted by Gasteiger charge is -2.33. The minimum atomic E-state index is -0.161. The van der Waals surface area contributed by atoms with Crippen LogP contribution in [0.2, 0.25) is 0 Å². The van der Waals surface area contributed by atoms with Crippen LogP contribution in [0.15, 0.2) is 205 Å². The molecule has 0 spiro atoms. The summed E-state index contributed by atoms with van der Waals surface area (Å²) in [5.74, 6) is 0. The highest BCUT2D eigenvalue weighted by Crippen LogP contribution is 2.56. The topological polar surface area (TPSA) is 16.4 Å².